The number of hydrogen-bond donors (Lipinski definition) is 2. The first-order chi connectivity index (χ1) is 30.3. The summed E-state index contributed by atoms with van der Waals surface area (Å²) in [7, 11) is 0. The van der Waals surface area contributed by atoms with E-state index in [0.29, 0.717) is 57.7 Å². The number of thiophene rings is 1. The second-order valence-electron chi connectivity index (χ2n) is 16.3. The van der Waals surface area contributed by atoms with Gasteiger partial charge in [-0.3, -0.25) is 33.7 Å². The van der Waals surface area contributed by atoms with Crippen LogP contribution in [0, 0.1) is 18.8 Å². The Labute approximate surface area is 363 Å². The highest BCUT2D eigenvalue weighted by Crippen LogP contribution is 2.37. The monoisotopic (exact) mass is 855 g/mol. The highest BCUT2D eigenvalue weighted by molar-refractivity contribution is 7.15. The van der Waals surface area contributed by atoms with Gasteiger partial charge in [0.05, 0.1) is 29.9 Å². The summed E-state index contributed by atoms with van der Waals surface area (Å²) in [6.45, 7) is 6.85. The van der Waals surface area contributed by atoms with Gasteiger partial charge in [-0.25, -0.2) is 0 Å². The molecule has 2 aromatic carbocycles. The van der Waals surface area contributed by atoms with Gasteiger partial charge in [-0.05, 0) is 68.7 Å². The first kappa shape index (κ1) is 41.2. The Morgan fingerprint density at radius 1 is 0.984 bits per heavy atom. The Kier molecular flexibility index (Phi) is 12.3. The maximum absolute atomic E-state index is 13.2. The Morgan fingerprint density at radius 3 is 2.68 bits per heavy atom. The molecule has 16 heteroatoms. The van der Waals surface area contributed by atoms with Crippen LogP contribution in [0.2, 0.25) is 0 Å². The number of esters is 1. The Bertz CT molecular complexity index is 2540. The number of piperidine rings is 2. The number of carbonyl (C=O) groups is 4. The van der Waals surface area contributed by atoms with Crippen molar-refractivity contribution in [2.75, 3.05) is 31.6 Å². The molecule has 0 radical (unpaired) electrons. The van der Waals surface area contributed by atoms with Gasteiger partial charge in [0.25, 0.3) is 5.91 Å². The van der Waals surface area contributed by atoms with E-state index in [1.807, 2.05) is 42.1 Å². The van der Waals surface area contributed by atoms with Crippen LogP contribution in [-0.2, 0) is 56.6 Å². The summed E-state index contributed by atoms with van der Waals surface area (Å²) in [4.78, 5) is 54.9. The van der Waals surface area contributed by atoms with Crippen molar-refractivity contribution in [2.24, 2.45) is 0 Å². The molecule has 62 heavy (non-hydrogen) atoms. The number of anilines is 1. The number of imide groups is 1. The lowest BCUT2D eigenvalue weighted by Gasteiger charge is -2.33. The molecule has 2 fully saturated rings. The zero-order chi connectivity index (χ0) is 42.6. The van der Waals surface area contributed by atoms with Gasteiger partial charge in [-0.1, -0.05) is 48.2 Å². The predicted molar refractivity (Wildman–Crippen MR) is 230 cm³/mol. The van der Waals surface area contributed by atoms with Crippen molar-refractivity contribution >= 4 is 40.7 Å². The molecule has 0 spiro atoms. The summed E-state index contributed by atoms with van der Waals surface area (Å²) < 4.78 is 15.5. The van der Waals surface area contributed by atoms with E-state index in [-0.39, 0.29) is 30.2 Å². The molecule has 1 atom stereocenters. The lowest BCUT2D eigenvalue weighted by molar-refractivity contribution is -0.144. The number of likely N-dealkylation sites (tertiary alicyclic amines) is 1. The fraction of sp³-hybridized carbons (Fsp3) is 0.413. The van der Waals surface area contributed by atoms with Crippen molar-refractivity contribution in [2.45, 2.75) is 96.7 Å². The summed E-state index contributed by atoms with van der Waals surface area (Å²) in [5, 5.41) is 20.2. The third-order valence-electron chi connectivity index (χ3n) is 12.0. The number of nitrogens with zero attached hydrogens (tertiary/aromatic N) is 7. The van der Waals surface area contributed by atoms with Gasteiger partial charge in [0, 0.05) is 80.2 Å². The topological polar surface area (TPSA) is 166 Å². The lowest BCUT2D eigenvalue weighted by Crippen LogP contribution is -2.52. The molecule has 0 bridgehead atoms. The number of rotatable bonds is 13. The Morgan fingerprint density at radius 2 is 1.84 bits per heavy atom. The van der Waals surface area contributed by atoms with Crippen molar-refractivity contribution < 1.29 is 28.7 Å². The molecule has 7 heterocycles. The van der Waals surface area contributed by atoms with E-state index < -0.39 is 11.9 Å². The van der Waals surface area contributed by atoms with E-state index in [9.17, 15) is 19.2 Å². The number of ether oxygens (including phenoxy) is 2. The molecule has 4 aliphatic heterocycles. The Balaban J connectivity index is 0.703. The van der Waals surface area contributed by atoms with Crippen LogP contribution in [0.15, 0.2) is 60.9 Å². The normalized spacial score (nSPS) is 17.7. The van der Waals surface area contributed by atoms with Gasteiger partial charge in [0.1, 0.15) is 23.5 Å². The van der Waals surface area contributed by atoms with E-state index in [2.05, 4.69) is 71.5 Å². The molecule has 0 aliphatic carbocycles. The molecule has 1 unspecified atom stereocenters. The summed E-state index contributed by atoms with van der Waals surface area (Å²) >= 11 is 1.64. The summed E-state index contributed by atoms with van der Waals surface area (Å²) in [6, 6.07) is 15.7. The van der Waals surface area contributed by atoms with Crippen LogP contribution in [-0.4, -0.2) is 96.4 Å². The minimum Gasteiger partial charge on any atom is -0.466 e. The minimum absolute atomic E-state index is 0.167. The van der Waals surface area contributed by atoms with Crippen molar-refractivity contribution in [3.63, 3.8) is 0 Å². The van der Waals surface area contributed by atoms with E-state index in [1.54, 1.807) is 22.4 Å². The van der Waals surface area contributed by atoms with Crippen molar-refractivity contribution in [3.05, 3.63) is 111 Å². The summed E-state index contributed by atoms with van der Waals surface area (Å²) in [5.74, 6) is 7.31. The van der Waals surface area contributed by atoms with Crippen LogP contribution in [0.3, 0.4) is 0 Å². The number of hydrogen-bond acceptors (Lipinski definition) is 12. The number of aryl methyl sites for hydroxylation is 2. The van der Waals surface area contributed by atoms with Crippen LogP contribution in [0.5, 0.6) is 0 Å². The second kappa shape index (κ2) is 18.4. The molecule has 15 nitrogen and oxygen atoms in total. The molecular formula is C46H49N9O6S. The molecule has 3 amide bonds. The van der Waals surface area contributed by atoms with Crippen molar-refractivity contribution in [1.82, 2.24) is 39.7 Å². The average Bonchev–Trinajstić information content (AvgIpc) is 4.02. The maximum Gasteiger partial charge on any atom is 0.305 e. The molecular weight excluding hydrogens is 807 g/mol. The fourth-order valence-electron chi connectivity index (χ4n) is 8.76. The fourth-order valence-corrected chi connectivity index (χ4v) is 10.0. The van der Waals surface area contributed by atoms with Crippen LogP contribution in [0.1, 0.15) is 99.6 Å². The van der Waals surface area contributed by atoms with Crippen LogP contribution >= 0.6 is 11.3 Å². The number of amides is 3. The zero-order valence-corrected chi connectivity index (χ0v) is 35.5. The predicted octanol–water partition coefficient (Wildman–Crippen LogP) is 4.91. The molecule has 4 aliphatic rings. The first-order valence-electron chi connectivity index (χ1n) is 21.4. The van der Waals surface area contributed by atoms with Crippen LogP contribution in [0.4, 0.5) is 5.69 Å². The average molecular weight is 856 g/mol. The van der Waals surface area contributed by atoms with E-state index >= 15 is 0 Å². The molecule has 9 rings (SSSR count). The lowest BCUT2D eigenvalue weighted by atomic mass is 10.0. The molecule has 2 saturated heterocycles. The quantitative estimate of drug-likeness (QED) is 0.0716. The SMILES string of the molecule is Cc1nnc2n1-c1sc(C#Cc3cnn(CCCC(=O)OCCCN4CCC(Nc5cccc6c5CN(C5CCC(=O)NC5=O)C6=O)CC4)c3)c(Cc3ccccc3)c1COC2. The highest BCUT2D eigenvalue weighted by Gasteiger charge is 2.40. The van der Waals surface area contributed by atoms with Crippen molar-refractivity contribution in [1.29, 1.82) is 0 Å². The maximum atomic E-state index is 13.2. The summed E-state index contributed by atoms with van der Waals surface area (Å²) in [6.07, 6.45) is 8.58. The van der Waals surface area contributed by atoms with Gasteiger partial charge in [-0.15, -0.1) is 21.5 Å². The van der Waals surface area contributed by atoms with Gasteiger partial charge in [0.2, 0.25) is 11.8 Å². The van der Waals surface area contributed by atoms with E-state index in [1.165, 1.54) is 5.56 Å². The Hall–Kier alpha value is -6.15. The molecule has 320 valence electrons. The number of benzene rings is 2. The van der Waals surface area contributed by atoms with Gasteiger partial charge in [0.15, 0.2) is 5.82 Å². The smallest absolute Gasteiger partial charge is 0.305 e. The zero-order valence-electron chi connectivity index (χ0n) is 34.7. The van der Waals surface area contributed by atoms with E-state index in [0.717, 1.165) is 94.8 Å². The number of nitrogens with one attached hydrogen (secondary N) is 2. The van der Waals surface area contributed by atoms with Crippen LogP contribution < -0.4 is 10.6 Å². The number of carbonyl (C=O) groups excluding carboxylic acids is 4. The van der Waals surface area contributed by atoms with Gasteiger partial charge < -0.3 is 24.6 Å². The van der Waals surface area contributed by atoms with Gasteiger partial charge >= 0.3 is 5.97 Å². The van der Waals surface area contributed by atoms with Gasteiger partial charge in [-0.2, -0.15) is 5.10 Å². The van der Waals surface area contributed by atoms with E-state index in [4.69, 9.17) is 9.47 Å². The molecule has 3 aromatic heterocycles. The highest BCUT2D eigenvalue weighted by atomic mass is 32.1. The molecule has 2 N–H and O–H groups in total. The summed E-state index contributed by atoms with van der Waals surface area (Å²) in [5.41, 5.74) is 6.73. The standard InChI is InChI=1S/C46H49N9O6S/c1-30-50-51-41-29-60-28-37-35(24-31-8-3-2-4-9-31)40(62-46(37)55(30)41)15-13-32-25-47-53(26-32)20-6-12-43(57)61-23-7-19-52-21-17-33(18-22-52)48-38-11-5-10-34-36(38)27-54(45(34)59)39-14-16-42(56)49-44(39)58/h2-5,8-11,25-26,33,39,48H,6-7,12,14,16-24,27-29H2,1H3,(H,49,56,58). The largest absolute Gasteiger partial charge is 0.466 e. The molecule has 0 saturated carbocycles. The number of fused-ring (bicyclic) bond motifs is 4. The minimum atomic E-state index is -0.632. The third kappa shape index (κ3) is 9.06. The molecule has 5 aromatic rings. The number of aromatic nitrogens is 5. The first-order valence-corrected chi connectivity index (χ1v) is 22.2. The van der Waals surface area contributed by atoms with Crippen LogP contribution in [0.25, 0.3) is 5.00 Å². The second-order valence-corrected chi connectivity index (χ2v) is 17.3. The van der Waals surface area contributed by atoms with Crippen molar-refractivity contribution in [3.8, 4) is 16.8 Å². The third-order valence-corrected chi connectivity index (χ3v) is 13.2.